The van der Waals surface area contributed by atoms with Gasteiger partial charge in [0.2, 0.25) is 0 Å². The van der Waals surface area contributed by atoms with Gasteiger partial charge < -0.3 is 5.32 Å². The maximum absolute atomic E-state index is 6.17. The quantitative estimate of drug-likeness (QED) is 0.595. The SMILES string of the molecule is CC(C)Nc1nc(-c2ccccc2)c(Br)c2ccc(Cl)cc12. The number of benzene rings is 2. The van der Waals surface area contributed by atoms with E-state index >= 15 is 0 Å². The first-order valence-corrected chi connectivity index (χ1v) is 8.34. The molecule has 0 atom stereocenters. The number of halogens is 2. The van der Waals surface area contributed by atoms with Crippen molar-refractivity contribution < 1.29 is 0 Å². The van der Waals surface area contributed by atoms with E-state index in [1.807, 2.05) is 36.4 Å². The van der Waals surface area contributed by atoms with Crippen LogP contribution in [-0.2, 0) is 0 Å². The lowest BCUT2D eigenvalue weighted by Gasteiger charge is -2.16. The molecule has 2 aromatic carbocycles. The van der Waals surface area contributed by atoms with Gasteiger partial charge in [0.15, 0.2) is 0 Å². The molecule has 0 unspecified atom stereocenters. The monoisotopic (exact) mass is 374 g/mol. The molecular weight excluding hydrogens is 360 g/mol. The second kappa shape index (κ2) is 6.27. The molecule has 0 saturated heterocycles. The number of nitrogens with zero attached hydrogens (tertiary/aromatic N) is 1. The summed E-state index contributed by atoms with van der Waals surface area (Å²) >= 11 is 9.88. The van der Waals surface area contributed by atoms with Gasteiger partial charge in [-0.25, -0.2) is 4.98 Å². The first-order chi connectivity index (χ1) is 10.6. The van der Waals surface area contributed by atoms with Crippen LogP contribution in [0.4, 0.5) is 5.82 Å². The Morgan fingerprint density at radius 2 is 1.77 bits per heavy atom. The summed E-state index contributed by atoms with van der Waals surface area (Å²) in [6.07, 6.45) is 0. The van der Waals surface area contributed by atoms with E-state index in [0.29, 0.717) is 11.1 Å². The van der Waals surface area contributed by atoms with Gasteiger partial charge in [-0.15, -0.1) is 0 Å². The lowest BCUT2D eigenvalue weighted by Crippen LogP contribution is -2.12. The first-order valence-electron chi connectivity index (χ1n) is 7.17. The molecule has 3 rings (SSSR count). The van der Waals surface area contributed by atoms with Crippen LogP contribution < -0.4 is 5.32 Å². The molecule has 4 heteroatoms. The average molecular weight is 376 g/mol. The van der Waals surface area contributed by atoms with Crippen LogP contribution in [0.5, 0.6) is 0 Å². The van der Waals surface area contributed by atoms with Crippen LogP contribution >= 0.6 is 27.5 Å². The molecule has 0 bridgehead atoms. The van der Waals surface area contributed by atoms with Crippen molar-refractivity contribution in [1.82, 2.24) is 4.98 Å². The molecule has 0 fully saturated rings. The summed E-state index contributed by atoms with van der Waals surface area (Å²) in [6.45, 7) is 4.20. The molecular formula is C18H16BrClN2. The van der Waals surface area contributed by atoms with Crippen molar-refractivity contribution in [2.45, 2.75) is 19.9 Å². The topological polar surface area (TPSA) is 24.9 Å². The fourth-order valence-electron chi connectivity index (χ4n) is 2.42. The largest absolute Gasteiger partial charge is 0.367 e. The minimum atomic E-state index is 0.291. The number of aromatic nitrogens is 1. The summed E-state index contributed by atoms with van der Waals surface area (Å²) in [5, 5.41) is 6.25. The van der Waals surface area contributed by atoms with Gasteiger partial charge >= 0.3 is 0 Å². The van der Waals surface area contributed by atoms with E-state index in [2.05, 4.69) is 47.2 Å². The van der Waals surface area contributed by atoms with Crippen molar-refractivity contribution >= 4 is 44.1 Å². The molecule has 0 aliphatic heterocycles. The highest BCUT2D eigenvalue weighted by atomic mass is 79.9. The lowest BCUT2D eigenvalue weighted by molar-refractivity contribution is 0.892. The third-order valence-electron chi connectivity index (χ3n) is 3.38. The van der Waals surface area contributed by atoms with E-state index in [-0.39, 0.29) is 0 Å². The van der Waals surface area contributed by atoms with Gasteiger partial charge in [0.25, 0.3) is 0 Å². The summed E-state index contributed by atoms with van der Waals surface area (Å²) < 4.78 is 0.986. The molecule has 0 aliphatic carbocycles. The number of nitrogens with one attached hydrogen (secondary N) is 1. The molecule has 22 heavy (non-hydrogen) atoms. The fourth-order valence-corrected chi connectivity index (χ4v) is 3.26. The highest BCUT2D eigenvalue weighted by Gasteiger charge is 2.14. The molecule has 1 aromatic heterocycles. The van der Waals surface area contributed by atoms with Crippen LogP contribution in [0.2, 0.25) is 5.02 Å². The Kier molecular flexibility index (Phi) is 4.37. The predicted molar refractivity (Wildman–Crippen MR) is 98.6 cm³/mol. The number of rotatable bonds is 3. The Hall–Kier alpha value is -1.58. The number of hydrogen-bond donors (Lipinski definition) is 1. The van der Waals surface area contributed by atoms with E-state index in [9.17, 15) is 0 Å². The minimum Gasteiger partial charge on any atom is -0.367 e. The van der Waals surface area contributed by atoms with Crippen LogP contribution in [0, 0.1) is 0 Å². The summed E-state index contributed by atoms with van der Waals surface area (Å²) in [5.41, 5.74) is 2.01. The van der Waals surface area contributed by atoms with Gasteiger partial charge in [-0.2, -0.15) is 0 Å². The van der Waals surface area contributed by atoms with Crippen LogP contribution in [-0.4, -0.2) is 11.0 Å². The second-order valence-electron chi connectivity index (χ2n) is 5.48. The maximum atomic E-state index is 6.17. The molecule has 0 spiro atoms. The van der Waals surface area contributed by atoms with Crippen LogP contribution in [0.15, 0.2) is 53.0 Å². The highest BCUT2D eigenvalue weighted by Crippen LogP contribution is 2.37. The van der Waals surface area contributed by atoms with Crippen molar-refractivity contribution in [3.63, 3.8) is 0 Å². The van der Waals surface area contributed by atoms with Gasteiger partial charge in [0, 0.05) is 27.4 Å². The summed E-state index contributed by atoms with van der Waals surface area (Å²) in [6, 6.07) is 16.3. The Bertz CT molecular complexity index is 816. The van der Waals surface area contributed by atoms with Crippen LogP contribution in [0.3, 0.4) is 0 Å². The Balaban J connectivity index is 2.31. The third kappa shape index (κ3) is 2.96. The van der Waals surface area contributed by atoms with E-state index in [0.717, 1.165) is 32.3 Å². The molecule has 0 saturated carbocycles. The van der Waals surface area contributed by atoms with Gasteiger partial charge in [0.05, 0.1) is 10.2 Å². The molecule has 0 amide bonds. The Morgan fingerprint density at radius 3 is 2.45 bits per heavy atom. The normalized spacial score (nSPS) is 11.1. The zero-order chi connectivity index (χ0) is 15.7. The standard InChI is InChI=1S/C18H16BrClN2/c1-11(2)21-18-15-10-13(20)8-9-14(15)16(19)17(22-18)12-6-4-3-5-7-12/h3-11H,1-2H3,(H,21,22). The molecule has 3 aromatic rings. The van der Waals surface area contributed by atoms with Crippen LogP contribution in [0.1, 0.15) is 13.8 Å². The van der Waals surface area contributed by atoms with Crippen LogP contribution in [0.25, 0.3) is 22.0 Å². The van der Waals surface area contributed by atoms with Crippen molar-refractivity contribution in [3.05, 3.63) is 58.0 Å². The number of fused-ring (bicyclic) bond motifs is 1. The maximum Gasteiger partial charge on any atom is 0.134 e. The van der Waals surface area contributed by atoms with Gasteiger partial charge in [-0.3, -0.25) is 0 Å². The Morgan fingerprint density at radius 1 is 1.05 bits per heavy atom. The van der Waals surface area contributed by atoms with Gasteiger partial charge in [0.1, 0.15) is 5.82 Å². The molecule has 1 heterocycles. The molecule has 0 radical (unpaired) electrons. The average Bonchev–Trinajstić information content (AvgIpc) is 2.50. The molecule has 0 aliphatic rings. The summed E-state index contributed by atoms with van der Waals surface area (Å²) in [4.78, 5) is 4.84. The summed E-state index contributed by atoms with van der Waals surface area (Å²) in [5.74, 6) is 0.856. The third-order valence-corrected chi connectivity index (χ3v) is 4.42. The van der Waals surface area contributed by atoms with Crippen molar-refractivity contribution in [2.75, 3.05) is 5.32 Å². The fraction of sp³-hybridized carbons (Fsp3) is 0.167. The van der Waals surface area contributed by atoms with E-state index in [1.54, 1.807) is 0 Å². The first kappa shape index (κ1) is 15.3. The number of hydrogen-bond acceptors (Lipinski definition) is 2. The minimum absolute atomic E-state index is 0.291. The highest BCUT2D eigenvalue weighted by molar-refractivity contribution is 9.10. The smallest absolute Gasteiger partial charge is 0.134 e. The second-order valence-corrected chi connectivity index (χ2v) is 6.71. The zero-order valence-corrected chi connectivity index (χ0v) is 14.7. The van der Waals surface area contributed by atoms with Crippen molar-refractivity contribution in [2.24, 2.45) is 0 Å². The molecule has 2 nitrogen and oxygen atoms in total. The van der Waals surface area contributed by atoms with Gasteiger partial charge in [-0.05, 0) is 41.9 Å². The predicted octanol–water partition coefficient (Wildman–Crippen LogP) is 6.14. The van der Waals surface area contributed by atoms with Crippen molar-refractivity contribution in [1.29, 1.82) is 0 Å². The van der Waals surface area contributed by atoms with E-state index in [4.69, 9.17) is 16.6 Å². The van der Waals surface area contributed by atoms with E-state index < -0.39 is 0 Å². The molecule has 112 valence electrons. The number of anilines is 1. The number of pyridine rings is 1. The van der Waals surface area contributed by atoms with E-state index in [1.165, 1.54) is 0 Å². The Labute approximate surface area is 143 Å². The zero-order valence-electron chi connectivity index (χ0n) is 12.4. The summed E-state index contributed by atoms with van der Waals surface area (Å²) in [7, 11) is 0. The van der Waals surface area contributed by atoms with Crippen molar-refractivity contribution in [3.8, 4) is 11.3 Å². The lowest BCUT2D eigenvalue weighted by atomic mass is 10.1. The van der Waals surface area contributed by atoms with Gasteiger partial charge in [-0.1, -0.05) is 48.0 Å². The molecule has 1 N–H and O–H groups in total.